The van der Waals surface area contributed by atoms with Crippen LogP contribution in [0, 0.1) is 4.77 Å². The maximum atomic E-state index is 5.72. The number of aromatic nitrogens is 3. The van der Waals surface area contributed by atoms with E-state index in [0.29, 0.717) is 22.2 Å². The van der Waals surface area contributed by atoms with E-state index >= 15 is 0 Å². The highest BCUT2D eigenvalue weighted by atomic mass is 32.1. The molecule has 0 aliphatic heterocycles. The van der Waals surface area contributed by atoms with Crippen LogP contribution in [0.4, 0.5) is 5.95 Å². The van der Waals surface area contributed by atoms with Gasteiger partial charge >= 0.3 is 0 Å². The van der Waals surface area contributed by atoms with Crippen molar-refractivity contribution in [3.63, 3.8) is 0 Å². The average molecular weight is 252 g/mol. The molecule has 0 aliphatic carbocycles. The van der Waals surface area contributed by atoms with Crippen LogP contribution in [-0.2, 0) is 0 Å². The molecule has 2 aromatic rings. The Labute approximate surface area is 103 Å². The zero-order valence-corrected chi connectivity index (χ0v) is 10.2. The number of anilines is 1. The summed E-state index contributed by atoms with van der Waals surface area (Å²) in [7, 11) is 3.15. The van der Waals surface area contributed by atoms with Crippen molar-refractivity contribution in [2.24, 2.45) is 0 Å². The number of ether oxygens (including phenoxy) is 2. The number of nitrogens with one attached hydrogen (secondary N) is 1. The second-order valence-corrected chi connectivity index (χ2v) is 3.65. The molecular formula is C10H12N4O2S. The molecule has 1 aromatic heterocycles. The number of hydrogen-bond donors (Lipinski definition) is 2. The number of H-pyrrole nitrogens is 1. The average Bonchev–Trinajstić information content (AvgIpc) is 2.68. The summed E-state index contributed by atoms with van der Waals surface area (Å²) in [4.78, 5) is 0. The summed E-state index contributed by atoms with van der Waals surface area (Å²) >= 11 is 5.09. The summed E-state index contributed by atoms with van der Waals surface area (Å²) in [5.74, 6) is 1.54. The number of nitrogens with two attached hydrogens (primary N) is 1. The van der Waals surface area contributed by atoms with Crippen molar-refractivity contribution < 1.29 is 9.47 Å². The molecule has 0 bridgehead atoms. The minimum absolute atomic E-state index is 0.294. The van der Waals surface area contributed by atoms with Gasteiger partial charge in [-0.2, -0.15) is 0 Å². The Hall–Kier alpha value is -2.02. The summed E-state index contributed by atoms with van der Waals surface area (Å²) in [5.41, 5.74) is 6.48. The lowest BCUT2D eigenvalue weighted by atomic mass is 10.2. The van der Waals surface area contributed by atoms with E-state index in [9.17, 15) is 0 Å². The van der Waals surface area contributed by atoms with Crippen molar-refractivity contribution in [2.75, 3.05) is 20.0 Å². The maximum absolute atomic E-state index is 5.72. The first-order chi connectivity index (χ1) is 8.17. The minimum atomic E-state index is 0.294. The summed E-state index contributed by atoms with van der Waals surface area (Å²) in [5, 5.41) is 6.46. The Morgan fingerprint density at radius 3 is 2.53 bits per heavy atom. The van der Waals surface area contributed by atoms with Crippen LogP contribution in [0.5, 0.6) is 11.5 Å². The molecule has 0 unspecified atom stereocenters. The second-order valence-electron chi connectivity index (χ2n) is 3.26. The smallest absolute Gasteiger partial charge is 0.225 e. The topological polar surface area (TPSA) is 78.1 Å². The number of hydrogen-bond acceptors (Lipinski definition) is 5. The third kappa shape index (κ3) is 1.96. The Kier molecular flexibility index (Phi) is 3.01. The highest BCUT2D eigenvalue weighted by Crippen LogP contribution is 2.29. The van der Waals surface area contributed by atoms with E-state index < -0.39 is 0 Å². The van der Waals surface area contributed by atoms with Gasteiger partial charge in [0.2, 0.25) is 10.7 Å². The van der Waals surface area contributed by atoms with E-state index in [-0.39, 0.29) is 0 Å². The van der Waals surface area contributed by atoms with Crippen molar-refractivity contribution >= 4 is 18.2 Å². The van der Waals surface area contributed by atoms with Gasteiger partial charge in [0, 0.05) is 6.07 Å². The Balaban J connectivity index is 2.58. The van der Waals surface area contributed by atoms with Crippen LogP contribution in [0.2, 0.25) is 0 Å². The van der Waals surface area contributed by atoms with E-state index in [1.807, 2.05) is 6.07 Å². The van der Waals surface area contributed by atoms with Gasteiger partial charge in [0.15, 0.2) is 11.5 Å². The number of methoxy groups -OCH3 is 2. The lowest BCUT2D eigenvalue weighted by Crippen LogP contribution is -2.01. The van der Waals surface area contributed by atoms with Crippen LogP contribution in [0.3, 0.4) is 0 Å². The van der Waals surface area contributed by atoms with Gasteiger partial charge in [-0.3, -0.25) is 4.57 Å². The maximum Gasteiger partial charge on any atom is 0.225 e. The number of nitrogens with zero attached hydrogens (tertiary/aromatic N) is 2. The lowest BCUT2D eigenvalue weighted by molar-refractivity contribution is 0.355. The highest BCUT2D eigenvalue weighted by Gasteiger charge is 2.09. The second kappa shape index (κ2) is 4.46. The van der Waals surface area contributed by atoms with Crippen molar-refractivity contribution in [2.45, 2.75) is 0 Å². The standard InChI is InChI=1S/C10H12N4O2S/c1-15-7-4-3-6(5-8(7)16-2)14-9(11)12-13-10(14)17/h3-5H,1-2H3,(H2,11,12)(H,13,17). The summed E-state index contributed by atoms with van der Waals surface area (Å²) in [6, 6.07) is 5.38. The van der Waals surface area contributed by atoms with Crippen LogP contribution in [0.1, 0.15) is 0 Å². The van der Waals surface area contributed by atoms with E-state index in [2.05, 4.69) is 10.2 Å². The first-order valence-electron chi connectivity index (χ1n) is 4.82. The largest absolute Gasteiger partial charge is 0.493 e. The molecule has 3 N–H and O–H groups in total. The van der Waals surface area contributed by atoms with Gasteiger partial charge in [-0.15, -0.1) is 5.10 Å². The molecule has 6 nitrogen and oxygen atoms in total. The van der Waals surface area contributed by atoms with Gasteiger partial charge in [0.1, 0.15) is 0 Å². The van der Waals surface area contributed by atoms with Crippen molar-refractivity contribution in [3.8, 4) is 17.2 Å². The zero-order chi connectivity index (χ0) is 12.4. The third-order valence-corrected chi connectivity index (χ3v) is 2.60. The van der Waals surface area contributed by atoms with Crippen LogP contribution in [-0.4, -0.2) is 29.0 Å². The van der Waals surface area contributed by atoms with Gasteiger partial charge in [0.05, 0.1) is 19.9 Å². The molecule has 0 atom stereocenters. The quantitative estimate of drug-likeness (QED) is 0.810. The van der Waals surface area contributed by atoms with Gasteiger partial charge in [0.25, 0.3) is 0 Å². The fourth-order valence-electron chi connectivity index (χ4n) is 1.52. The van der Waals surface area contributed by atoms with Crippen LogP contribution in [0.15, 0.2) is 18.2 Å². The molecule has 0 fully saturated rings. The van der Waals surface area contributed by atoms with Gasteiger partial charge in [-0.25, -0.2) is 5.10 Å². The third-order valence-electron chi connectivity index (χ3n) is 2.32. The van der Waals surface area contributed by atoms with Gasteiger partial charge in [-0.1, -0.05) is 0 Å². The molecular weight excluding hydrogens is 240 g/mol. The van der Waals surface area contributed by atoms with E-state index in [0.717, 1.165) is 5.69 Å². The van der Waals surface area contributed by atoms with Crippen LogP contribution >= 0.6 is 12.2 Å². The van der Waals surface area contributed by atoms with Gasteiger partial charge < -0.3 is 15.2 Å². The Bertz CT molecular complexity index is 590. The monoisotopic (exact) mass is 252 g/mol. The van der Waals surface area contributed by atoms with E-state index in [1.54, 1.807) is 30.9 Å². The number of nitrogen functional groups attached to an aromatic ring is 1. The van der Waals surface area contributed by atoms with E-state index in [1.165, 1.54) is 0 Å². The molecule has 0 aliphatic rings. The molecule has 90 valence electrons. The molecule has 0 saturated heterocycles. The molecule has 0 radical (unpaired) electrons. The number of benzene rings is 1. The first-order valence-corrected chi connectivity index (χ1v) is 5.23. The fourth-order valence-corrected chi connectivity index (χ4v) is 1.77. The molecule has 1 heterocycles. The Morgan fingerprint density at radius 2 is 2.00 bits per heavy atom. The summed E-state index contributed by atoms with van der Waals surface area (Å²) in [6.45, 7) is 0. The highest BCUT2D eigenvalue weighted by molar-refractivity contribution is 7.71. The minimum Gasteiger partial charge on any atom is -0.493 e. The predicted molar refractivity (Wildman–Crippen MR) is 66.3 cm³/mol. The van der Waals surface area contributed by atoms with Crippen LogP contribution < -0.4 is 15.2 Å². The molecule has 2 rings (SSSR count). The molecule has 0 amide bonds. The molecule has 0 saturated carbocycles. The lowest BCUT2D eigenvalue weighted by Gasteiger charge is -2.10. The molecule has 17 heavy (non-hydrogen) atoms. The number of aromatic amines is 1. The predicted octanol–water partition coefficient (Wildman–Crippen LogP) is 1.53. The summed E-state index contributed by atoms with van der Waals surface area (Å²) in [6.07, 6.45) is 0. The molecule has 1 aromatic carbocycles. The molecule has 0 spiro atoms. The Morgan fingerprint density at radius 1 is 1.29 bits per heavy atom. The SMILES string of the molecule is COc1ccc(-n2c(N)n[nH]c2=S)cc1OC. The first kappa shape index (κ1) is 11.5. The van der Waals surface area contributed by atoms with E-state index in [4.69, 9.17) is 27.4 Å². The van der Waals surface area contributed by atoms with Crippen molar-refractivity contribution in [1.82, 2.24) is 14.8 Å². The fraction of sp³-hybridized carbons (Fsp3) is 0.200. The number of rotatable bonds is 3. The molecule has 7 heteroatoms. The van der Waals surface area contributed by atoms with Gasteiger partial charge in [-0.05, 0) is 24.4 Å². The zero-order valence-electron chi connectivity index (χ0n) is 9.43. The normalized spacial score (nSPS) is 10.2. The summed E-state index contributed by atoms with van der Waals surface area (Å²) < 4.78 is 12.4. The van der Waals surface area contributed by atoms with Crippen molar-refractivity contribution in [3.05, 3.63) is 23.0 Å². The van der Waals surface area contributed by atoms with Crippen LogP contribution in [0.25, 0.3) is 5.69 Å². The van der Waals surface area contributed by atoms with Crippen molar-refractivity contribution in [1.29, 1.82) is 0 Å².